The van der Waals surface area contributed by atoms with Crippen LogP contribution in [0.3, 0.4) is 0 Å². The van der Waals surface area contributed by atoms with Gasteiger partial charge in [-0.15, -0.1) is 0 Å². The Kier molecular flexibility index (Phi) is 5.59. The predicted octanol–water partition coefficient (Wildman–Crippen LogP) is 2.21. The summed E-state index contributed by atoms with van der Waals surface area (Å²) in [4.78, 5) is 31.8. The van der Waals surface area contributed by atoms with E-state index >= 15 is 0 Å². The molecule has 0 aromatic carbocycles. The minimum atomic E-state index is -4.73. The Hall–Kier alpha value is -3.48. The van der Waals surface area contributed by atoms with Crippen LogP contribution in [-0.2, 0) is 15.7 Å². The quantitative estimate of drug-likeness (QED) is 0.604. The van der Waals surface area contributed by atoms with Crippen LogP contribution in [0.25, 0.3) is 16.8 Å². The topological polar surface area (TPSA) is 124 Å². The van der Waals surface area contributed by atoms with Crippen molar-refractivity contribution in [3.63, 3.8) is 0 Å². The number of nitrogens with one attached hydrogen (secondary N) is 1. The summed E-state index contributed by atoms with van der Waals surface area (Å²) in [6, 6.07) is -0.0258. The maximum absolute atomic E-state index is 13.6. The molecule has 170 valence electrons. The molecule has 0 bridgehead atoms. The van der Waals surface area contributed by atoms with Crippen molar-refractivity contribution in [1.29, 1.82) is 0 Å². The van der Waals surface area contributed by atoms with Gasteiger partial charge in [-0.3, -0.25) is 9.36 Å². The molecule has 3 aromatic heterocycles. The number of hydrogen-bond donors (Lipinski definition) is 2. The highest BCUT2D eigenvalue weighted by Crippen LogP contribution is 2.36. The number of aliphatic carboxylic acids is 1. The number of rotatable bonds is 5. The molecule has 0 spiro atoms. The van der Waals surface area contributed by atoms with Gasteiger partial charge in [-0.25, -0.2) is 19.3 Å². The molecule has 1 fully saturated rings. The maximum atomic E-state index is 13.6. The van der Waals surface area contributed by atoms with Gasteiger partial charge in [0.25, 0.3) is 5.56 Å². The first kappa shape index (κ1) is 21.7. The van der Waals surface area contributed by atoms with E-state index in [9.17, 15) is 22.8 Å². The molecule has 1 aliphatic rings. The maximum Gasteiger partial charge on any atom is 0.419 e. The summed E-state index contributed by atoms with van der Waals surface area (Å²) in [5, 5.41) is 16.1. The molecule has 13 heteroatoms. The number of carbonyl (C=O) groups is 1. The van der Waals surface area contributed by atoms with Gasteiger partial charge in [0.15, 0.2) is 0 Å². The molecular weight excluding hydrogens is 433 g/mol. The van der Waals surface area contributed by atoms with Crippen molar-refractivity contribution in [2.24, 2.45) is 0 Å². The molecule has 1 atom stereocenters. The predicted molar refractivity (Wildman–Crippen MR) is 105 cm³/mol. The standard InChI is InChI=1S/C19H19F3N6O4/c1-10(17(30)31)27-9-24-28-8-11(6-14(28)16(27)29)15-13(19(20,21)22)7-23-18(26-15)25-12-2-4-32-5-3-12/h6-10,12H,2-5H2,1H3,(H,30,31)(H,23,25,26)/t10-/m1/s1. The highest BCUT2D eigenvalue weighted by molar-refractivity contribution is 5.72. The minimum Gasteiger partial charge on any atom is -0.480 e. The van der Waals surface area contributed by atoms with Gasteiger partial charge in [0.05, 0.1) is 5.69 Å². The third-order valence-electron chi connectivity index (χ3n) is 5.25. The number of hydrogen-bond acceptors (Lipinski definition) is 7. The number of halogens is 3. The molecule has 2 N–H and O–H groups in total. The summed E-state index contributed by atoms with van der Waals surface area (Å²) in [5.74, 6) is -1.22. The number of anilines is 1. The van der Waals surface area contributed by atoms with Gasteiger partial charge in [-0.1, -0.05) is 0 Å². The lowest BCUT2D eigenvalue weighted by molar-refractivity contribution is -0.140. The number of nitrogens with zero attached hydrogens (tertiary/aromatic N) is 5. The first-order valence-corrected chi connectivity index (χ1v) is 9.76. The molecule has 10 nitrogen and oxygen atoms in total. The van der Waals surface area contributed by atoms with Crippen molar-refractivity contribution < 1.29 is 27.8 Å². The van der Waals surface area contributed by atoms with Gasteiger partial charge in [-0.2, -0.15) is 18.3 Å². The van der Waals surface area contributed by atoms with E-state index < -0.39 is 35.0 Å². The summed E-state index contributed by atoms with van der Waals surface area (Å²) in [7, 11) is 0. The Labute approximate surface area is 178 Å². The first-order valence-electron chi connectivity index (χ1n) is 9.76. The lowest BCUT2D eigenvalue weighted by atomic mass is 10.1. The van der Waals surface area contributed by atoms with Crippen LogP contribution in [0.1, 0.15) is 31.4 Å². The third kappa shape index (κ3) is 4.15. The average Bonchev–Trinajstić information content (AvgIpc) is 3.19. The van der Waals surface area contributed by atoms with E-state index in [2.05, 4.69) is 20.4 Å². The molecule has 1 aliphatic heterocycles. The van der Waals surface area contributed by atoms with Crippen molar-refractivity contribution in [2.45, 2.75) is 38.0 Å². The van der Waals surface area contributed by atoms with Crippen molar-refractivity contribution in [3.05, 3.63) is 40.7 Å². The molecule has 4 rings (SSSR count). The highest BCUT2D eigenvalue weighted by Gasteiger charge is 2.36. The summed E-state index contributed by atoms with van der Waals surface area (Å²) in [5.41, 5.74) is -2.26. The van der Waals surface area contributed by atoms with Gasteiger partial charge in [0, 0.05) is 37.2 Å². The van der Waals surface area contributed by atoms with Crippen LogP contribution in [-0.4, -0.2) is 54.5 Å². The number of carboxylic acids is 1. The summed E-state index contributed by atoms with van der Waals surface area (Å²) >= 11 is 0. The SMILES string of the molecule is C[C@H](C(=O)O)n1cnn2cc(-c3nc(NC4CCOCC4)ncc3C(F)(F)F)cc2c1=O. The van der Waals surface area contributed by atoms with Gasteiger partial charge >= 0.3 is 12.1 Å². The van der Waals surface area contributed by atoms with Gasteiger partial charge in [-0.05, 0) is 25.8 Å². The zero-order chi connectivity index (χ0) is 23.0. The number of aromatic nitrogens is 5. The Morgan fingerprint density at radius 2 is 2.06 bits per heavy atom. The number of ether oxygens (including phenoxy) is 1. The zero-order valence-corrected chi connectivity index (χ0v) is 16.8. The first-order chi connectivity index (χ1) is 15.1. The molecule has 1 saturated heterocycles. The molecular formula is C19H19F3N6O4. The lowest BCUT2D eigenvalue weighted by Crippen LogP contribution is -2.29. The second kappa shape index (κ2) is 8.22. The smallest absolute Gasteiger partial charge is 0.419 e. The summed E-state index contributed by atoms with van der Waals surface area (Å²) in [6.07, 6.45) is -0.429. The Bertz CT molecular complexity index is 1220. The van der Waals surface area contributed by atoms with Crippen LogP contribution < -0.4 is 10.9 Å². The molecule has 4 heterocycles. The molecule has 3 aromatic rings. The number of fused-ring (bicyclic) bond motifs is 1. The van der Waals surface area contributed by atoms with Crippen LogP contribution in [0.2, 0.25) is 0 Å². The molecule has 0 amide bonds. The largest absolute Gasteiger partial charge is 0.480 e. The fraction of sp³-hybridized carbons (Fsp3) is 0.421. The van der Waals surface area contributed by atoms with Crippen LogP contribution in [0.4, 0.5) is 19.1 Å². The van der Waals surface area contributed by atoms with E-state index in [-0.39, 0.29) is 23.1 Å². The van der Waals surface area contributed by atoms with E-state index in [0.29, 0.717) is 32.3 Å². The Morgan fingerprint density at radius 3 is 2.72 bits per heavy atom. The van der Waals surface area contributed by atoms with Gasteiger partial charge in [0.2, 0.25) is 5.95 Å². The van der Waals surface area contributed by atoms with E-state index in [0.717, 1.165) is 15.4 Å². The van der Waals surface area contributed by atoms with Crippen LogP contribution in [0.5, 0.6) is 0 Å². The molecule has 0 saturated carbocycles. The van der Waals surface area contributed by atoms with Crippen molar-refractivity contribution in [1.82, 2.24) is 24.1 Å². The van der Waals surface area contributed by atoms with E-state index in [1.165, 1.54) is 19.2 Å². The minimum absolute atomic E-state index is 0.0000746. The zero-order valence-electron chi connectivity index (χ0n) is 16.8. The number of carboxylic acid groups (broad SMARTS) is 1. The molecule has 0 radical (unpaired) electrons. The fourth-order valence-electron chi connectivity index (χ4n) is 3.43. The van der Waals surface area contributed by atoms with Crippen LogP contribution in [0, 0.1) is 0 Å². The van der Waals surface area contributed by atoms with E-state index in [1.807, 2.05) is 0 Å². The summed E-state index contributed by atoms with van der Waals surface area (Å²) < 4.78 is 48.2. The molecule has 0 unspecified atom stereocenters. The average molecular weight is 452 g/mol. The molecule has 32 heavy (non-hydrogen) atoms. The lowest BCUT2D eigenvalue weighted by Gasteiger charge is -2.23. The normalized spacial score (nSPS) is 16.2. The van der Waals surface area contributed by atoms with E-state index in [1.54, 1.807) is 0 Å². The Balaban J connectivity index is 1.79. The van der Waals surface area contributed by atoms with Crippen LogP contribution >= 0.6 is 0 Å². The van der Waals surface area contributed by atoms with Crippen molar-refractivity contribution in [2.75, 3.05) is 18.5 Å². The fourth-order valence-corrected chi connectivity index (χ4v) is 3.43. The van der Waals surface area contributed by atoms with Crippen LogP contribution in [0.15, 0.2) is 29.6 Å². The van der Waals surface area contributed by atoms with Gasteiger partial charge in [0.1, 0.15) is 23.4 Å². The van der Waals surface area contributed by atoms with Crippen molar-refractivity contribution >= 4 is 17.4 Å². The van der Waals surface area contributed by atoms with Gasteiger partial charge < -0.3 is 15.2 Å². The van der Waals surface area contributed by atoms with E-state index in [4.69, 9.17) is 9.84 Å². The monoisotopic (exact) mass is 452 g/mol. The van der Waals surface area contributed by atoms with Crippen molar-refractivity contribution in [3.8, 4) is 11.3 Å². The second-order valence-electron chi connectivity index (χ2n) is 7.40. The highest BCUT2D eigenvalue weighted by atomic mass is 19.4. The molecule has 0 aliphatic carbocycles. The second-order valence-corrected chi connectivity index (χ2v) is 7.40. The third-order valence-corrected chi connectivity index (χ3v) is 5.25. The number of alkyl halides is 3. The summed E-state index contributed by atoms with van der Waals surface area (Å²) in [6.45, 7) is 2.36. The Morgan fingerprint density at radius 1 is 1.34 bits per heavy atom.